The van der Waals surface area contributed by atoms with Crippen LogP contribution in [-0.2, 0) is 14.0 Å². The quantitative estimate of drug-likeness (QED) is 0.843. The third-order valence-electron chi connectivity index (χ3n) is 3.20. The smallest absolute Gasteiger partial charge is 0.194 e. The number of rotatable bonds is 5. The van der Waals surface area contributed by atoms with Crippen LogP contribution in [0.3, 0.4) is 0 Å². The molecule has 1 heterocycles. The summed E-state index contributed by atoms with van der Waals surface area (Å²) in [7, 11) is 1.66. The van der Waals surface area contributed by atoms with E-state index in [1.807, 2.05) is 24.3 Å². The molecule has 19 heavy (non-hydrogen) atoms. The van der Waals surface area contributed by atoms with Crippen molar-refractivity contribution in [2.24, 2.45) is 0 Å². The molecule has 4 nitrogen and oxygen atoms in total. The van der Waals surface area contributed by atoms with Crippen LogP contribution < -0.4 is 0 Å². The van der Waals surface area contributed by atoms with Gasteiger partial charge in [0.05, 0.1) is 12.2 Å². The minimum absolute atomic E-state index is 0.00159. The molecule has 0 amide bonds. The van der Waals surface area contributed by atoms with Crippen molar-refractivity contribution in [2.75, 3.05) is 14.2 Å². The lowest BCUT2D eigenvalue weighted by molar-refractivity contribution is 0.0220. The number of methoxy groups -OCH3 is 1. The maximum Gasteiger partial charge on any atom is 0.194 e. The molecule has 0 saturated carbocycles. The minimum Gasteiger partial charge on any atom is -0.378 e. The van der Waals surface area contributed by atoms with Crippen LogP contribution in [0.5, 0.6) is 0 Å². The highest BCUT2D eigenvalue weighted by atomic mass is 31.2. The molecule has 1 fully saturated rings. The normalized spacial score (nSPS) is 28.9. The van der Waals surface area contributed by atoms with Gasteiger partial charge in [0.15, 0.2) is 8.38 Å². The Kier molecular flexibility index (Phi) is 5.49. The van der Waals surface area contributed by atoms with Crippen molar-refractivity contribution >= 4 is 8.38 Å². The van der Waals surface area contributed by atoms with Crippen LogP contribution in [0.2, 0.25) is 0 Å². The van der Waals surface area contributed by atoms with E-state index in [2.05, 4.69) is 12.1 Å². The predicted octanol–water partition coefficient (Wildman–Crippen LogP) is 3.00. The Balaban J connectivity index is 2.03. The van der Waals surface area contributed by atoms with Gasteiger partial charge < -0.3 is 18.9 Å². The van der Waals surface area contributed by atoms with E-state index in [9.17, 15) is 4.89 Å². The second-order valence-corrected chi connectivity index (χ2v) is 5.60. The fourth-order valence-electron chi connectivity index (χ4n) is 2.18. The number of ether oxygens (including phenoxy) is 2. The third kappa shape index (κ3) is 3.85. The largest absolute Gasteiger partial charge is 0.378 e. The second kappa shape index (κ2) is 7.13. The van der Waals surface area contributed by atoms with Crippen molar-refractivity contribution in [3.63, 3.8) is 0 Å². The van der Waals surface area contributed by atoms with Crippen molar-refractivity contribution < 1.29 is 18.9 Å². The van der Waals surface area contributed by atoms with Crippen LogP contribution in [0.15, 0.2) is 42.2 Å². The van der Waals surface area contributed by atoms with E-state index in [1.165, 1.54) is 7.11 Å². The zero-order valence-corrected chi connectivity index (χ0v) is 12.0. The van der Waals surface area contributed by atoms with Gasteiger partial charge in [0.25, 0.3) is 0 Å². The summed E-state index contributed by atoms with van der Waals surface area (Å²) in [5.74, 6) is 1.64. The zero-order chi connectivity index (χ0) is 13.7. The standard InChI is InChI=1S/C14H19O4P/c1-16-14-10-13(11-6-4-3-5-7-11)18-12(14)8-9-19(15)17-2/h3-9,12-15H,10H2,1-2H3/b9-8+/t12?,13?,14-,19?/m0/s1. The molecule has 0 radical (unpaired) electrons. The number of hydrogen-bond donors (Lipinski definition) is 1. The first-order chi connectivity index (χ1) is 9.24. The Labute approximate surface area is 114 Å². The average Bonchev–Trinajstić information content (AvgIpc) is 2.89. The number of benzene rings is 1. The SMILES string of the molecule is CO[C@H]1CC(c2ccccc2)OC1/C=C/P(O)OC. The predicted molar refractivity (Wildman–Crippen MR) is 74.8 cm³/mol. The number of hydrogen-bond acceptors (Lipinski definition) is 4. The highest BCUT2D eigenvalue weighted by Crippen LogP contribution is 2.37. The maximum absolute atomic E-state index is 9.42. The first-order valence-corrected chi connectivity index (χ1v) is 7.46. The summed E-state index contributed by atoms with van der Waals surface area (Å²) in [6, 6.07) is 10.1. The summed E-state index contributed by atoms with van der Waals surface area (Å²) >= 11 is 0. The van der Waals surface area contributed by atoms with Gasteiger partial charge >= 0.3 is 0 Å². The molecular weight excluding hydrogens is 263 g/mol. The van der Waals surface area contributed by atoms with Gasteiger partial charge in [0.2, 0.25) is 0 Å². The van der Waals surface area contributed by atoms with E-state index < -0.39 is 8.38 Å². The second-order valence-electron chi connectivity index (χ2n) is 4.34. The van der Waals surface area contributed by atoms with Crippen LogP contribution in [0.25, 0.3) is 0 Å². The fraction of sp³-hybridized carbons (Fsp3) is 0.429. The molecule has 0 aromatic heterocycles. The van der Waals surface area contributed by atoms with E-state index >= 15 is 0 Å². The summed E-state index contributed by atoms with van der Waals surface area (Å²) < 4.78 is 16.3. The van der Waals surface area contributed by atoms with Gasteiger partial charge in [-0.15, -0.1) is 0 Å². The van der Waals surface area contributed by atoms with Crippen LogP contribution in [0.4, 0.5) is 0 Å². The third-order valence-corrected chi connectivity index (χ3v) is 4.00. The lowest BCUT2D eigenvalue weighted by Crippen LogP contribution is -2.20. The van der Waals surface area contributed by atoms with Gasteiger partial charge in [-0.05, 0) is 17.5 Å². The Morgan fingerprint density at radius 1 is 1.32 bits per heavy atom. The molecule has 1 aliphatic heterocycles. The maximum atomic E-state index is 9.42. The van der Waals surface area contributed by atoms with E-state index in [-0.39, 0.29) is 18.3 Å². The van der Waals surface area contributed by atoms with E-state index in [0.29, 0.717) is 0 Å². The lowest BCUT2D eigenvalue weighted by atomic mass is 10.0. The first kappa shape index (κ1) is 14.6. The molecule has 3 unspecified atom stereocenters. The van der Waals surface area contributed by atoms with Crippen molar-refractivity contribution in [1.29, 1.82) is 0 Å². The zero-order valence-electron chi connectivity index (χ0n) is 11.1. The molecule has 1 aromatic carbocycles. The fourth-order valence-corrected chi connectivity index (χ4v) is 2.62. The summed E-state index contributed by atoms with van der Waals surface area (Å²) in [5.41, 5.74) is 1.15. The van der Waals surface area contributed by atoms with Crippen LogP contribution in [0, 0.1) is 0 Å². The van der Waals surface area contributed by atoms with Gasteiger partial charge in [-0.3, -0.25) is 0 Å². The Hall–Kier alpha value is -0.770. The summed E-state index contributed by atoms with van der Waals surface area (Å²) in [6.45, 7) is 0. The van der Waals surface area contributed by atoms with Gasteiger partial charge in [-0.25, -0.2) is 0 Å². The van der Waals surface area contributed by atoms with Gasteiger partial charge in [-0.2, -0.15) is 0 Å². The van der Waals surface area contributed by atoms with Crippen molar-refractivity contribution in [2.45, 2.75) is 24.7 Å². The molecule has 0 bridgehead atoms. The molecule has 1 aliphatic rings. The van der Waals surface area contributed by atoms with Crippen molar-refractivity contribution in [1.82, 2.24) is 0 Å². The van der Waals surface area contributed by atoms with Gasteiger partial charge in [0.1, 0.15) is 6.10 Å². The molecule has 1 N–H and O–H groups in total. The Morgan fingerprint density at radius 2 is 2.05 bits per heavy atom. The molecule has 0 spiro atoms. The van der Waals surface area contributed by atoms with Crippen LogP contribution in [-0.4, -0.2) is 31.3 Å². The average molecular weight is 282 g/mol. The lowest BCUT2D eigenvalue weighted by Gasteiger charge is -2.13. The molecule has 1 aromatic rings. The highest BCUT2D eigenvalue weighted by molar-refractivity contribution is 7.49. The highest BCUT2D eigenvalue weighted by Gasteiger charge is 2.34. The van der Waals surface area contributed by atoms with Gasteiger partial charge in [0, 0.05) is 20.6 Å². The van der Waals surface area contributed by atoms with Crippen molar-refractivity contribution in [3.05, 3.63) is 47.8 Å². The van der Waals surface area contributed by atoms with Crippen molar-refractivity contribution in [3.8, 4) is 0 Å². The van der Waals surface area contributed by atoms with Crippen LogP contribution in [0.1, 0.15) is 18.1 Å². The van der Waals surface area contributed by atoms with Gasteiger partial charge in [-0.1, -0.05) is 30.3 Å². The monoisotopic (exact) mass is 282 g/mol. The van der Waals surface area contributed by atoms with Crippen LogP contribution >= 0.6 is 8.38 Å². The Morgan fingerprint density at radius 3 is 2.68 bits per heavy atom. The summed E-state index contributed by atoms with van der Waals surface area (Å²) in [5, 5.41) is 0. The molecule has 4 atom stereocenters. The first-order valence-electron chi connectivity index (χ1n) is 6.18. The molecular formula is C14H19O4P. The molecule has 1 saturated heterocycles. The topological polar surface area (TPSA) is 47.9 Å². The van der Waals surface area contributed by atoms with E-state index in [0.717, 1.165) is 12.0 Å². The van der Waals surface area contributed by atoms with E-state index in [1.54, 1.807) is 12.9 Å². The molecule has 0 aliphatic carbocycles. The van der Waals surface area contributed by atoms with E-state index in [4.69, 9.17) is 14.0 Å². The minimum atomic E-state index is -1.50. The molecule has 5 heteroatoms. The molecule has 2 rings (SSSR count). The Bertz CT molecular complexity index is 409. The molecule has 104 valence electrons. The summed E-state index contributed by atoms with van der Waals surface area (Å²) in [6.07, 6.45) is 2.52. The summed E-state index contributed by atoms with van der Waals surface area (Å²) in [4.78, 5) is 9.42.